The van der Waals surface area contributed by atoms with E-state index in [1.54, 1.807) is 29.2 Å². The molecule has 4 aliphatic rings. The molecule has 0 radical (unpaired) electrons. The van der Waals surface area contributed by atoms with Gasteiger partial charge in [0.25, 0.3) is 0 Å². The van der Waals surface area contributed by atoms with Crippen molar-refractivity contribution in [3.05, 3.63) is 65.0 Å². The number of urea groups is 1. The normalized spacial score (nSPS) is 24.1. The maximum Gasteiger partial charge on any atom is 0.318 e. The zero-order chi connectivity index (χ0) is 28.9. The van der Waals surface area contributed by atoms with E-state index in [-0.39, 0.29) is 35.7 Å². The topological polar surface area (TPSA) is 121 Å². The zero-order valence-electron chi connectivity index (χ0n) is 23.7. The van der Waals surface area contributed by atoms with Gasteiger partial charge in [-0.3, -0.25) is 9.59 Å². The summed E-state index contributed by atoms with van der Waals surface area (Å²) in [6.45, 7) is 12.0. The Balaban J connectivity index is 1.26. The second-order valence-electron chi connectivity index (χ2n) is 12.6. The van der Waals surface area contributed by atoms with Crippen LogP contribution in [0.15, 0.2) is 42.5 Å². The molecule has 1 aliphatic heterocycles. The van der Waals surface area contributed by atoms with Gasteiger partial charge in [0.1, 0.15) is 5.54 Å². The second-order valence-corrected chi connectivity index (χ2v) is 12.6. The first-order valence-electron chi connectivity index (χ1n) is 14.7. The van der Waals surface area contributed by atoms with Crippen molar-refractivity contribution in [3.63, 3.8) is 0 Å². The fourth-order valence-electron chi connectivity index (χ4n) is 6.77. The SMILES string of the molecule is [C-]#[N+]c1ccccc1NC(=O)C1(N2C[C@@H](C(C)C)NC2=O)Cc2ccc(NC(=O)[C@@H](N)C(C3CC3)C3CC3)cc2C1. The minimum absolute atomic E-state index is 0.0753. The fraction of sp³-hybridized carbons (Fsp3) is 0.500. The van der Waals surface area contributed by atoms with Gasteiger partial charge in [-0.05, 0) is 78.7 Å². The van der Waals surface area contributed by atoms with E-state index in [1.165, 1.54) is 0 Å². The lowest BCUT2D eigenvalue weighted by Gasteiger charge is -2.37. The van der Waals surface area contributed by atoms with Crippen molar-refractivity contribution in [2.45, 2.75) is 70.0 Å². The molecule has 2 aromatic rings. The smallest absolute Gasteiger partial charge is 0.318 e. The number of nitrogens with one attached hydrogen (secondary N) is 3. The Hall–Kier alpha value is -3.90. The number of nitrogens with two attached hydrogens (primary N) is 1. The number of fused-ring (bicyclic) bond motifs is 1. The van der Waals surface area contributed by atoms with Crippen LogP contribution in [-0.4, -0.2) is 46.9 Å². The van der Waals surface area contributed by atoms with Crippen LogP contribution >= 0.6 is 0 Å². The lowest BCUT2D eigenvalue weighted by molar-refractivity contribution is -0.125. The average molecular weight is 555 g/mol. The van der Waals surface area contributed by atoms with Crippen LogP contribution in [0.1, 0.15) is 50.7 Å². The number of hydrogen-bond acceptors (Lipinski definition) is 4. The molecule has 3 atom stereocenters. The lowest BCUT2D eigenvalue weighted by atomic mass is 9.89. The van der Waals surface area contributed by atoms with Crippen LogP contribution in [0.4, 0.5) is 21.9 Å². The van der Waals surface area contributed by atoms with Crippen molar-refractivity contribution in [2.75, 3.05) is 17.2 Å². The molecule has 214 valence electrons. The van der Waals surface area contributed by atoms with Gasteiger partial charge in [0.15, 0.2) is 0 Å². The van der Waals surface area contributed by atoms with Crippen molar-refractivity contribution in [2.24, 2.45) is 29.4 Å². The molecule has 0 spiro atoms. The summed E-state index contributed by atoms with van der Waals surface area (Å²) >= 11 is 0. The number of amides is 4. The molecular weight excluding hydrogens is 516 g/mol. The van der Waals surface area contributed by atoms with E-state index in [2.05, 4.69) is 20.8 Å². The molecule has 1 heterocycles. The monoisotopic (exact) mass is 554 g/mol. The van der Waals surface area contributed by atoms with E-state index < -0.39 is 11.6 Å². The number of hydrogen-bond donors (Lipinski definition) is 4. The Labute approximate surface area is 241 Å². The van der Waals surface area contributed by atoms with Gasteiger partial charge >= 0.3 is 6.03 Å². The number of rotatable bonds is 9. The molecule has 1 unspecified atom stereocenters. The van der Waals surface area contributed by atoms with Crippen molar-refractivity contribution in [3.8, 4) is 0 Å². The first kappa shape index (κ1) is 27.3. The summed E-state index contributed by atoms with van der Waals surface area (Å²) in [4.78, 5) is 45.8. The van der Waals surface area contributed by atoms with E-state index >= 15 is 0 Å². The number of carbonyl (C=O) groups excluding carboxylic acids is 3. The van der Waals surface area contributed by atoms with Gasteiger partial charge in [-0.1, -0.05) is 38.1 Å². The van der Waals surface area contributed by atoms with Crippen LogP contribution in [0.5, 0.6) is 0 Å². The Kier molecular flexibility index (Phi) is 6.98. The number of carbonyl (C=O) groups is 3. The van der Waals surface area contributed by atoms with Crippen LogP contribution in [0.2, 0.25) is 0 Å². The summed E-state index contributed by atoms with van der Waals surface area (Å²) in [5.74, 6) is 1.10. The fourth-order valence-corrected chi connectivity index (χ4v) is 6.77. The van der Waals surface area contributed by atoms with Gasteiger partial charge in [-0.25, -0.2) is 9.64 Å². The minimum atomic E-state index is -1.17. The number of para-hydroxylation sites is 2. The van der Waals surface area contributed by atoms with Gasteiger partial charge in [0.05, 0.1) is 18.7 Å². The highest BCUT2D eigenvalue weighted by Crippen LogP contribution is 2.50. The van der Waals surface area contributed by atoms with Crippen molar-refractivity contribution in [1.82, 2.24) is 10.2 Å². The largest absolute Gasteiger partial charge is 0.333 e. The highest BCUT2D eigenvalue weighted by Gasteiger charge is 2.54. The van der Waals surface area contributed by atoms with Crippen molar-refractivity contribution >= 4 is 34.9 Å². The number of anilines is 2. The molecular formula is C32H38N6O3. The van der Waals surface area contributed by atoms with Crippen molar-refractivity contribution < 1.29 is 14.4 Å². The summed E-state index contributed by atoms with van der Waals surface area (Å²) in [5, 5.41) is 9.05. The zero-order valence-corrected chi connectivity index (χ0v) is 23.7. The van der Waals surface area contributed by atoms with Crippen LogP contribution in [-0.2, 0) is 22.4 Å². The summed E-state index contributed by atoms with van der Waals surface area (Å²) in [5.41, 5.74) is 8.58. The van der Waals surface area contributed by atoms with E-state index in [9.17, 15) is 14.4 Å². The molecule has 6 rings (SSSR count). The summed E-state index contributed by atoms with van der Waals surface area (Å²) in [7, 11) is 0. The lowest BCUT2D eigenvalue weighted by Crippen LogP contribution is -2.59. The molecule has 4 amide bonds. The highest BCUT2D eigenvalue weighted by molar-refractivity contribution is 6.04. The van der Waals surface area contributed by atoms with Crippen LogP contribution in [0.25, 0.3) is 4.85 Å². The van der Waals surface area contributed by atoms with Gasteiger partial charge < -0.3 is 26.6 Å². The van der Waals surface area contributed by atoms with Crippen LogP contribution < -0.4 is 21.7 Å². The molecule has 5 N–H and O–H groups in total. The number of benzene rings is 2. The van der Waals surface area contributed by atoms with Crippen molar-refractivity contribution in [1.29, 1.82) is 0 Å². The molecule has 3 fully saturated rings. The van der Waals surface area contributed by atoms with Crippen LogP contribution in [0, 0.1) is 30.2 Å². The Morgan fingerprint density at radius 3 is 2.37 bits per heavy atom. The maximum absolute atomic E-state index is 14.1. The third-order valence-corrected chi connectivity index (χ3v) is 9.44. The summed E-state index contributed by atoms with van der Waals surface area (Å²) in [6, 6.07) is 11.7. The summed E-state index contributed by atoms with van der Waals surface area (Å²) < 4.78 is 0. The molecule has 0 aromatic heterocycles. The Morgan fingerprint density at radius 1 is 1.05 bits per heavy atom. The Morgan fingerprint density at radius 2 is 1.73 bits per heavy atom. The molecule has 2 aromatic carbocycles. The minimum Gasteiger partial charge on any atom is -0.333 e. The maximum atomic E-state index is 14.1. The molecule has 0 bridgehead atoms. The van der Waals surface area contributed by atoms with E-state index in [4.69, 9.17) is 12.3 Å². The summed E-state index contributed by atoms with van der Waals surface area (Å²) in [6.07, 6.45) is 5.28. The Bertz CT molecular complexity index is 1410. The van der Waals surface area contributed by atoms with E-state index in [0.29, 0.717) is 48.3 Å². The predicted molar refractivity (Wildman–Crippen MR) is 157 cm³/mol. The predicted octanol–water partition coefficient (Wildman–Crippen LogP) is 4.47. The molecule has 41 heavy (non-hydrogen) atoms. The quantitative estimate of drug-likeness (QED) is 0.342. The third kappa shape index (κ3) is 5.17. The third-order valence-electron chi connectivity index (χ3n) is 9.44. The average Bonchev–Trinajstić information content (AvgIpc) is 3.89. The molecule has 9 heteroatoms. The van der Waals surface area contributed by atoms with E-state index in [1.807, 2.05) is 32.0 Å². The molecule has 1 saturated heterocycles. The first-order valence-corrected chi connectivity index (χ1v) is 14.7. The van der Waals surface area contributed by atoms with Gasteiger partial charge in [0.2, 0.25) is 17.5 Å². The molecule has 9 nitrogen and oxygen atoms in total. The molecule has 2 saturated carbocycles. The van der Waals surface area contributed by atoms with E-state index in [0.717, 1.165) is 36.8 Å². The first-order chi connectivity index (χ1) is 19.7. The second kappa shape index (κ2) is 10.5. The number of nitrogens with zero attached hydrogens (tertiary/aromatic N) is 2. The van der Waals surface area contributed by atoms with Crippen LogP contribution in [0.3, 0.4) is 0 Å². The van der Waals surface area contributed by atoms with Gasteiger partial charge in [0, 0.05) is 30.8 Å². The molecule has 3 aliphatic carbocycles. The van der Waals surface area contributed by atoms with Gasteiger partial charge in [-0.15, -0.1) is 0 Å². The highest BCUT2D eigenvalue weighted by atomic mass is 16.2. The standard InChI is InChI=1S/C32H38N6O3/c1-18(2)26-17-38(31(41)37-26)32(30(40)36-25-7-5-4-6-24(25)34-3)15-21-12-13-23(14-22(21)16-32)35-29(39)28(33)27(19-8-9-19)20-10-11-20/h4-7,12-14,18-20,26-28H,8-11,15-17,33H2,1-2H3,(H,35,39)(H,36,40)(H,37,41)/t26-,28-,32?/m0/s1. The van der Waals surface area contributed by atoms with Gasteiger partial charge in [-0.2, -0.15) is 0 Å².